The normalized spacial score (nSPS) is 15.0. The quantitative estimate of drug-likeness (QED) is 0.900. The molecule has 1 heterocycles. The van der Waals surface area contributed by atoms with Gasteiger partial charge in [-0.1, -0.05) is 23.7 Å². The van der Waals surface area contributed by atoms with E-state index in [2.05, 4.69) is 5.32 Å². The Balaban J connectivity index is 1.72. The number of rotatable bonds is 2. The van der Waals surface area contributed by atoms with Gasteiger partial charge in [0.15, 0.2) is 0 Å². The highest BCUT2D eigenvalue weighted by Crippen LogP contribution is 2.23. The summed E-state index contributed by atoms with van der Waals surface area (Å²) in [7, 11) is -1.07. The summed E-state index contributed by atoms with van der Waals surface area (Å²) in [6.07, 6.45) is 2.44. The van der Waals surface area contributed by atoms with Crippen LogP contribution in [0.4, 0.5) is 10.5 Å². The number of carbonyl (C=O) groups excluding carboxylic acids is 1. The summed E-state index contributed by atoms with van der Waals surface area (Å²) < 4.78 is 11.5. The van der Waals surface area contributed by atoms with Crippen molar-refractivity contribution in [2.75, 3.05) is 18.1 Å². The fourth-order valence-corrected chi connectivity index (χ4v) is 3.41. The first-order valence-electron chi connectivity index (χ1n) is 7.29. The molecule has 1 aliphatic rings. The topological polar surface area (TPSA) is 49.4 Å². The average molecular weight is 349 g/mol. The van der Waals surface area contributed by atoms with Gasteiger partial charge < -0.3 is 10.2 Å². The Kier molecular flexibility index (Phi) is 4.68. The lowest BCUT2D eigenvalue weighted by atomic mass is 10.0. The van der Waals surface area contributed by atoms with E-state index in [-0.39, 0.29) is 6.03 Å². The van der Waals surface area contributed by atoms with Crippen molar-refractivity contribution in [1.82, 2.24) is 4.90 Å². The summed E-state index contributed by atoms with van der Waals surface area (Å²) in [6.45, 7) is 1.21. The number of nitrogens with zero attached hydrogens (tertiary/aromatic N) is 1. The van der Waals surface area contributed by atoms with E-state index in [9.17, 15) is 9.00 Å². The number of fused-ring (bicyclic) bond motifs is 1. The number of hydrogen-bond acceptors (Lipinski definition) is 2. The van der Waals surface area contributed by atoms with Gasteiger partial charge in [-0.3, -0.25) is 4.21 Å². The van der Waals surface area contributed by atoms with Crippen LogP contribution < -0.4 is 5.32 Å². The van der Waals surface area contributed by atoms with E-state index in [1.165, 1.54) is 5.56 Å². The SMILES string of the molecule is CS(=O)c1cccc(NC(=O)N2CCc3ccc(Cl)cc3C2)c1. The van der Waals surface area contributed by atoms with Gasteiger partial charge in [0.05, 0.1) is 0 Å². The molecule has 3 rings (SSSR count). The molecule has 23 heavy (non-hydrogen) atoms. The van der Waals surface area contributed by atoms with Gasteiger partial charge in [0, 0.05) is 45.8 Å². The highest BCUT2D eigenvalue weighted by Gasteiger charge is 2.21. The number of carbonyl (C=O) groups is 1. The highest BCUT2D eigenvalue weighted by atomic mass is 35.5. The van der Waals surface area contributed by atoms with E-state index in [1.54, 1.807) is 35.4 Å². The van der Waals surface area contributed by atoms with Gasteiger partial charge in [0.2, 0.25) is 0 Å². The molecule has 2 aromatic rings. The van der Waals surface area contributed by atoms with Crippen molar-refractivity contribution >= 4 is 34.1 Å². The third-order valence-corrected chi connectivity index (χ3v) is 5.04. The molecule has 2 aromatic carbocycles. The average Bonchev–Trinajstić information content (AvgIpc) is 2.54. The molecule has 0 spiro atoms. The summed E-state index contributed by atoms with van der Waals surface area (Å²) >= 11 is 6.03. The Bertz CT molecular complexity index is 779. The Labute approximate surface area is 142 Å². The standard InChI is InChI=1S/C17H17ClN2O2S/c1-23(22)16-4-2-3-15(10-16)19-17(21)20-8-7-12-5-6-14(18)9-13(12)11-20/h2-6,9-10H,7-8,11H2,1H3,(H,19,21). The highest BCUT2D eigenvalue weighted by molar-refractivity contribution is 7.84. The number of amides is 2. The number of hydrogen-bond donors (Lipinski definition) is 1. The van der Waals surface area contributed by atoms with Crippen LogP contribution >= 0.6 is 11.6 Å². The van der Waals surface area contributed by atoms with Gasteiger partial charge in [-0.15, -0.1) is 0 Å². The van der Waals surface area contributed by atoms with Crippen LogP contribution in [-0.4, -0.2) is 27.9 Å². The number of halogens is 1. The van der Waals surface area contributed by atoms with Crippen LogP contribution in [0.25, 0.3) is 0 Å². The largest absolute Gasteiger partial charge is 0.322 e. The molecule has 0 saturated heterocycles. The number of anilines is 1. The van der Waals surface area contributed by atoms with Crippen LogP contribution in [0.15, 0.2) is 47.4 Å². The van der Waals surface area contributed by atoms with Crippen LogP contribution in [0, 0.1) is 0 Å². The van der Waals surface area contributed by atoms with Crippen LogP contribution in [0.5, 0.6) is 0 Å². The third-order valence-electron chi connectivity index (χ3n) is 3.89. The molecule has 2 amide bonds. The van der Waals surface area contributed by atoms with Crippen molar-refractivity contribution in [2.45, 2.75) is 17.9 Å². The maximum Gasteiger partial charge on any atom is 0.322 e. The maximum absolute atomic E-state index is 12.4. The molecule has 1 unspecified atom stereocenters. The molecule has 1 atom stereocenters. The van der Waals surface area contributed by atoms with Crippen molar-refractivity contribution in [3.63, 3.8) is 0 Å². The van der Waals surface area contributed by atoms with Gasteiger partial charge in [0.25, 0.3) is 0 Å². The molecule has 0 aliphatic carbocycles. The number of nitrogens with one attached hydrogen (secondary N) is 1. The number of urea groups is 1. The number of benzene rings is 2. The monoisotopic (exact) mass is 348 g/mol. The Morgan fingerprint density at radius 2 is 2.04 bits per heavy atom. The Hall–Kier alpha value is -1.85. The second kappa shape index (κ2) is 6.72. The predicted molar refractivity (Wildman–Crippen MR) is 93.4 cm³/mol. The van der Waals surface area contributed by atoms with Gasteiger partial charge in [0.1, 0.15) is 0 Å². The molecule has 1 N–H and O–H groups in total. The molecule has 4 nitrogen and oxygen atoms in total. The van der Waals surface area contributed by atoms with E-state index in [0.29, 0.717) is 28.7 Å². The third kappa shape index (κ3) is 3.74. The lowest BCUT2D eigenvalue weighted by Crippen LogP contribution is -2.38. The van der Waals surface area contributed by atoms with Gasteiger partial charge in [-0.25, -0.2) is 4.79 Å². The van der Waals surface area contributed by atoms with Crippen LogP contribution in [-0.2, 0) is 23.8 Å². The molecule has 0 radical (unpaired) electrons. The van der Waals surface area contributed by atoms with E-state index in [4.69, 9.17) is 11.6 Å². The lowest BCUT2D eigenvalue weighted by Gasteiger charge is -2.29. The van der Waals surface area contributed by atoms with Gasteiger partial charge in [-0.05, 0) is 47.9 Å². The van der Waals surface area contributed by atoms with Crippen LogP contribution in [0.2, 0.25) is 5.02 Å². The van der Waals surface area contributed by atoms with Crippen LogP contribution in [0.1, 0.15) is 11.1 Å². The summed E-state index contributed by atoms with van der Waals surface area (Å²) in [5.74, 6) is 0. The van der Waals surface area contributed by atoms with E-state index in [1.807, 2.05) is 18.2 Å². The first-order chi connectivity index (χ1) is 11.0. The van der Waals surface area contributed by atoms with Crippen molar-refractivity contribution in [3.05, 3.63) is 58.6 Å². The first-order valence-corrected chi connectivity index (χ1v) is 9.23. The molecular formula is C17H17ClN2O2S. The first kappa shape index (κ1) is 16.0. The summed E-state index contributed by atoms with van der Waals surface area (Å²) in [4.78, 5) is 14.9. The fourth-order valence-electron chi connectivity index (χ4n) is 2.65. The Morgan fingerprint density at radius 1 is 1.22 bits per heavy atom. The van der Waals surface area contributed by atoms with Crippen molar-refractivity contribution in [2.24, 2.45) is 0 Å². The smallest absolute Gasteiger partial charge is 0.320 e. The Morgan fingerprint density at radius 3 is 2.83 bits per heavy atom. The molecule has 1 aliphatic heterocycles. The minimum absolute atomic E-state index is 0.158. The van der Waals surface area contributed by atoms with E-state index < -0.39 is 10.8 Å². The minimum Gasteiger partial charge on any atom is -0.320 e. The summed E-state index contributed by atoms with van der Waals surface area (Å²) in [6, 6.07) is 12.8. The zero-order valence-electron chi connectivity index (χ0n) is 12.7. The summed E-state index contributed by atoms with van der Waals surface area (Å²) in [5.41, 5.74) is 2.98. The van der Waals surface area contributed by atoms with Crippen molar-refractivity contribution in [3.8, 4) is 0 Å². The molecule has 120 valence electrons. The lowest BCUT2D eigenvalue weighted by molar-refractivity contribution is 0.206. The molecule has 0 bridgehead atoms. The molecule has 0 aromatic heterocycles. The fraction of sp³-hybridized carbons (Fsp3) is 0.235. The van der Waals surface area contributed by atoms with Crippen molar-refractivity contribution < 1.29 is 9.00 Å². The zero-order valence-corrected chi connectivity index (χ0v) is 14.3. The summed E-state index contributed by atoms with van der Waals surface area (Å²) in [5, 5.41) is 3.56. The predicted octanol–water partition coefficient (Wildman–Crippen LogP) is 3.67. The minimum atomic E-state index is -1.07. The molecule has 0 saturated carbocycles. The zero-order chi connectivity index (χ0) is 16.4. The molecular weight excluding hydrogens is 332 g/mol. The molecule has 0 fully saturated rings. The van der Waals surface area contributed by atoms with Crippen LogP contribution in [0.3, 0.4) is 0 Å². The van der Waals surface area contributed by atoms with Gasteiger partial charge >= 0.3 is 6.03 Å². The van der Waals surface area contributed by atoms with Crippen molar-refractivity contribution in [1.29, 1.82) is 0 Å². The second-order valence-electron chi connectivity index (χ2n) is 5.50. The second-order valence-corrected chi connectivity index (χ2v) is 7.31. The molecule has 6 heteroatoms. The van der Waals surface area contributed by atoms with E-state index >= 15 is 0 Å². The van der Waals surface area contributed by atoms with E-state index in [0.717, 1.165) is 12.0 Å². The maximum atomic E-state index is 12.4. The van der Waals surface area contributed by atoms with Gasteiger partial charge in [-0.2, -0.15) is 0 Å².